The van der Waals surface area contributed by atoms with Crippen molar-refractivity contribution in [2.45, 2.75) is 30.2 Å². The molecule has 6 heteroatoms. The van der Waals surface area contributed by atoms with Crippen molar-refractivity contribution in [1.29, 1.82) is 0 Å². The Morgan fingerprint density at radius 3 is 2.86 bits per heavy atom. The van der Waals surface area contributed by atoms with Crippen molar-refractivity contribution in [1.82, 2.24) is 9.97 Å². The molecule has 1 aliphatic heterocycles. The van der Waals surface area contributed by atoms with Crippen LogP contribution in [0, 0.1) is 6.92 Å². The summed E-state index contributed by atoms with van der Waals surface area (Å²) in [4.78, 5) is 10.9. The van der Waals surface area contributed by atoms with Crippen LogP contribution in [0.4, 0.5) is 5.69 Å². The molecule has 0 bridgehead atoms. The van der Waals surface area contributed by atoms with Crippen LogP contribution in [0.2, 0.25) is 5.02 Å². The highest BCUT2D eigenvalue weighted by Gasteiger charge is 2.25. The molecule has 3 heterocycles. The lowest BCUT2D eigenvalue weighted by Crippen LogP contribution is -2.21. The zero-order valence-corrected chi connectivity index (χ0v) is 17.2. The minimum absolute atomic E-state index is 0.0281. The summed E-state index contributed by atoms with van der Waals surface area (Å²) in [6, 6.07) is 12.2. The molecule has 0 radical (unpaired) electrons. The number of aromatic nitrogens is 2. The highest BCUT2D eigenvalue weighted by atomic mass is 35.5. The lowest BCUT2D eigenvalue weighted by Gasteiger charge is -2.22. The normalized spacial score (nSPS) is 16.5. The Bertz CT molecular complexity index is 964. The van der Waals surface area contributed by atoms with E-state index in [4.69, 9.17) is 11.6 Å². The van der Waals surface area contributed by atoms with E-state index in [0.29, 0.717) is 10.3 Å². The molecule has 0 spiro atoms. The van der Waals surface area contributed by atoms with Gasteiger partial charge in [-0.1, -0.05) is 17.7 Å². The van der Waals surface area contributed by atoms with E-state index in [1.54, 1.807) is 18.0 Å². The molecule has 28 heavy (non-hydrogen) atoms. The average Bonchev–Trinajstić information content (AvgIpc) is 3.18. The van der Waals surface area contributed by atoms with Gasteiger partial charge < -0.3 is 10.0 Å². The lowest BCUT2D eigenvalue weighted by atomic mass is 9.99. The quantitative estimate of drug-likeness (QED) is 0.642. The molecule has 0 unspecified atom stereocenters. The number of aryl methyl sites for hydroxylation is 1. The number of rotatable bonds is 5. The summed E-state index contributed by atoms with van der Waals surface area (Å²) < 4.78 is 0. The first-order valence-electron chi connectivity index (χ1n) is 9.32. The maximum absolute atomic E-state index is 9.98. The summed E-state index contributed by atoms with van der Waals surface area (Å²) in [6.45, 7) is 4.00. The molecule has 1 saturated heterocycles. The Labute approximate surface area is 174 Å². The molecule has 0 saturated carbocycles. The fourth-order valence-corrected chi connectivity index (χ4v) is 4.82. The van der Waals surface area contributed by atoms with Crippen LogP contribution < -0.4 is 4.90 Å². The molecule has 3 aromatic rings. The van der Waals surface area contributed by atoms with Gasteiger partial charge in [-0.05, 0) is 60.4 Å². The van der Waals surface area contributed by atoms with Crippen molar-refractivity contribution >= 4 is 29.1 Å². The second-order valence-electron chi connectivity index (χ2n) is 6.98. The smallest absolute Gasteiger partial charge is 0.0964 e. The summed E-state index contributed by atoms with van der Waals surface area (Å²) in [5.41, 5.74) is 5.48. The molecule has 4 nitrogen and oxygen atoms in total. The van der Waals surface area contributed by atoms with Gasteiger partial charge >= 0.3 is 0 Å². The van der Waals surface area contributed by atoms with Gasteiger partial charge in [-0.3, -0.25) is 4.98 Å². The van der Waals surface area contributed by atoms with Gasteiger partial charge in [-0.2, -0.15) is 0 Å². The number of nitrogens with zero attached hydrogens (tertiary/aromatic N) is 3. The largest absolute Gasteiger partial charge is 0.392 e. The number of aliphatic hydroxyl groups is 1. The second-order valence-corrected chi connectivity index (χ2v) is 8.74. The molecule has 1 N–H and O–H groups in total. The summed E-state index contributed by atoms with van der Waals surface area (Å²) in [7, 11) is 0. The summed E-state index contributed by atoms with van der Waals surface area (Å²) >= 11 is 7.72. The van der Waals surface area contributed by atoms with E-state index >= 15 is 0 Å². The average molecular weight is 412 g/mol. The maximum Gasteiger partial charge on any atom is 0.0964 e. The van der Waals surface area contributed by atoms with E-state index in [-0.39, 0.29) is 6.61 Å². The predicted octanol–water partition coefficient (Wildman–Crippen LogP) is 4.97. The number of anilines is 1. The van der Waals surface area contributed by atoms with E-state index in [0.717, 1.165) is 52.5 Å². The first-order valence-corrected chi connectivity index (χ1v) is 10.6. The van der Waals surface area contributed by atoms with E-state index in [1.807, 2.05) is 30.6 Å². The fraction of sp³-hybridized carbons (Fsp3) is 0.273. The van der Waals surface area contributed by atoms with Crippen molar-refractivity contribution in [2.24, 2.45) is 0 Å². The monoisotopic (exact) mass is 411 g/mol. The van der Waals surface area contributed by atoms with Crippen LogP contribution in [0.3, 0.4) is 0 Å². The Hall–Kier alpha value is -2.08. The topological polar surface area (TPSA) is 49.2 Å². The lowest BCUT2D eigenvalue weighted by molar-refractivity contribution is 0.282. The Kier molecular flexibility index (Phi) is 5.85. The molecule has 4 rings (SSSR count). The van der Waals surface area contributed by atoms with Crippen molar-refractivity contribution < 1.29 is 5.11 Å². The van der Waals surface area contributed by atoms with Crippen LogP contribution in [-0.2, 0) is 6.61 Å². The van der Waals surface area contributed by atoms with E-state index in [1.165, 1.54) is 0 Å². The first kappa shape index (κ1) is 19.2. The third-order valence-corrected chi connectivity index (χ3v) is 6.48. The molecule has 1 aliphatic rings. The molecule has 2 aromatic heterocycles. The van der Waals surface area contributed by atoms with Crippen molar-refractivity contribution in [3.05, 3.63) is 71.1 Å². The van der Waals surface area contributed by atoms with Crippen LogP contribution in [0.1, 0.15) is 17.5 Å². The molecule has 0 aliphatic carbocycles. The van der Waals surface area contributed by atoms with Gasteiger partial charge in [0.25, 0.3) is 0 Å². The van der Waals surface area contributed by atoms with Crippen LogP contribution in [0.15, 0.2) is 60.0 Å². The number of benzene rings is 1. The molecular weight excluding hydrogens is 390 g/mol. The predicted molar refractivity (Wildman–Crippen MR) is 116 cm³/mol. The number of pyridine rings is 2. The third kappa shape index (κ3) is 4.17. The van der Waals surface area contributed by atoms with Crippen LogP contribution in [-0.4, -0.2) is 33.4 Å². The van der Waals surface area contributed by atoms with Gasteiger partial charge in [0, 0.05) is 48.2 Å². The number of hydrogen-bond donors (Lipinski definition) is 1. The standard InChI is InChI=1S/C22H22ClN3OS/c1-15-11-24-8-6-20(15)16-2-4-21(17(10-16)14-27)26-9-7-19(13-26)28-22-5-3-18(23)12-25-22/h2-6,8,10-12,19,27H,7,9,13-14H2,1H3/t19-/m0/s1. The zero-order valence-electron chi connectivity index (χ0n) is 15.7. The summed E-state index contributed by atoms with van der Waals surface area (Å²) in [5.74, 6) is 0. The molecule has 0 amide bonds. The number of halogens is 1. The zero-order chi connectivity index (χ0) is 19.5. The van der Waals surface area contributed by atoms with E-state index < -0.39 is 0 Å². The SMILES string of the molecule is Cc1cnccc1-c1ccc(N2CC[C@H](Sc3ccc(Cl)cn3)C2)c(CO)c1. The Morgan fingerprint density at radius 2 is 2.11 bits per heavy atom. The van der Waals surface area contributed by atoms with Gasteiger partial charge in [0.05, 0.1) is 16.7 Å². The number of hydrogen-bond acceptors (Lipinski definition) is 5. The first-order chi connectivity index (χ1) is 13.6. The number of thioether (sulfide) groups is 1. The second kappa shape index (κ2) is 8.52. The maximum atomic E-state index is 9.98. The Balaban J connectivity index is 1.51. The summed E-state index contributed by atoms with van der Waals surface area (Å²) in [5, 5.41) is 12.1. The minimum atomic E-state index is 0.0281. The molecule has 144 valence electrons. The third-order valence-electron chi connectivity index (χ3n) is 5.05. The molecule has 1 fully saturated rings. The highest BCUT2D eigenvalue weighted by Crippen LogP contribution is 2.35. The van der Waals surface area contributed by atoms with E-state index in [2.05, 4.69) is 40.0 Å². The van der Waals surface area contributed by atoms with E-state index in [9.17, 15) is 5.11 Å². The summed E-state index contributed by atoms with van der Waals surface area (Å²) in [6.07, 6.45) is 6.46. The van der Waals surface area contributed by atoms with Crippen LogP contribution in [0.5, 0.6) is 0 Å². The van der Waals surface area contributed by atoms with Crippen molar-refractivity contribution in [2.75, 3.05) is 18.0 Å². The molecule has 1 atom stereocenters. The van der Waals surface area contributed by atoms with Crippen LogP contribution >= 0.6 is 23.4 Å². The van der Waals surface area contributed by atoms with Crippen LogP contribution in [0.25, 0.3) is 11.1 Å². The fourth-order valence-electron chi connectivity index (χ4n) is 3.63. The molecular formula is C22H22ClN3OS. The number of aliphatic hydroxyl groups excluding tert-OH is 1. The minimum Gasteiger partial charge on any atom is -0.392 e. The van der Waals surface area contributed by atoms with Gasteiger partial charge in [-0.15, -0.1) is 11.8 Å². The Morgan fingerprint density at radius 1 is 1.21 bits per heavy atom. The van der Waals surface area contributed by atoms with Crippen molar-refractivity contribution in [3.8, 4) is 11.1 Å². The highest BCUT2D eigenvalue weighted by molar-refractivity contribution is 7.99. The van der Waals surface area contributed by atoms with Crippen molar-refractivity contribution in [3.63, 3.8) is 0 Å². The van der Waals surface area contributed by atoms with Gasteiger partial charge in [-0.25, -0.2) is 4.98 Å². The van der Waals surface area contributed by atoms with Gasteiger partial charge in [0.1, 0.15) is 0 Å². The van der Waals surface area contributed by atoms with Gasteiger partial charge in [0.15, 0.2) is 0 Å². The van der Waals surface area contributed by atoms with Gasteiger partial charge in [0.2, 0.25) is 0 Å². The molecule has 1 aromatic carbocycles.